The first-order valence-corrected chi connectivity index (χ1v) is 6.28. The molecule has 0 bridgehead atoms. The zero-order valence-corrected chi connectivity index (χ0v) is 9.56. The first-order valence-electron chi connectivity index (χ1n) is 5.50. The van der Waals surface area contributed by atoms with E-state index in [-0.39, 0.29) is 17.9 Å². The van der Waals surface area contributed by atoms with Gasteiger partial charge in [0.05, 0.1) is 12.3 Å². The molecule has 1 saturated heterocycles. The molecule has 0 radical (unpaired) electrons. The summed E-state index contributed by atoms with van der Waals surface area (Å²) in [5.74, 6) is 0.779. The van der Waals surface area contributed by atoms with Gasteiger partial charge in [-0.1, -0.05) is 4.49 Å². The number of aliphatic hydroxyl groups is 1. The molecule has 3 rings (SSSR count). The van der Waals surface area contributed by atoms with Gasteiger partial charge in [-0.25, -0.2) is 0 Å². The molecule has 1 aliphatic carbocycles. The lowest BCUT2D eigenvalue weighted by atomic mass is 10.00. The highest BCUT2D eigenvalue weighted by Crippen LogP contribution is 2.38. The summed E-state index contributed by atoms with van der Waals surface area (Å²) in [5.41, 5.74) is 0. The van der Waals surface area contributed by atoms with Crippen LogP contribution in [-0.4, -0.2) is 44.7 Å². The van der Waals surface area contributed by atoms with Crippen molar-refractivity contribution in [2.75, 3.05) is 13.1 Å². The van der Waals surface area contributed by atoms with Crippen LogP contribution in [0, 0.1) is 11.8 Å². The number of fused-ring (bicyclic) bond motifs is 1. The van der Waals surface area contributed by atoms with E-state index in [4.69, 9.17) is 0 Å². The molecular formula is C10H13N3O2S. The number of hydrogen-bond acceptors (Lipinski definition) is 5. The van der Waals surface area contributed by atoms with Gasteiger partial charge in [0.2, 0.25) is 0 Å². The third-order valence-corrected chi connectivity index (χ3v) is 4.33. The molecule has 2 fully saturated rings. The smallest absolute Gasteiger partial charge is 0.267 e. The van der Waals surface area contributed by atoms with E-state index in [1.807, 2.05) is 4.90 Å². The van der Waals surface area contributed by atoms with Gasteiger partial charge in [-0.3, -0.25) is 4.79 Å². The highest BCUT2D eigenvalue weighted by Gasteiger charge is 2.43. The van der Waals surface area contributed by atoms with Gasteiger partial charge in [0.1, 0.15) is 4.88 Å². The van der Waals surface area contributed by atoms with Gasteiger partial charge in [-0.2, -0.15) is 0 Å². The van der Waals surface area contributed by atoms with Crippen molar-refractivity contribution in [2.45, 2.75) is 18.9 Å². The number of rotatable bonds is 1. The average Bonchev–Trinajstić information content (AvgIpc) is 2.96. The topological polar surface area (TPSA) is 66.3 Å². The van der Waals surface area contributed by atoms with Crippen molar-refractivity contribution in [2.24, 2.45) is 11.8 Å². The van der Waals surface area contributed by atoms with Gasteiger partial charge in [0.15, 0.2) is 0 Å². The largest absolute Gasteiger partial charge is 0.393 e. The molecule has 1 aromatic rings. The third-order valence-electron chi connectivity index (χ3n) is 3.68. The molecule has 2 heterocycles. The van der Waals surface area contributed by atoms with Gasteiger partial charge in [-0.15, -0.1) is 5.10 Å². The van der Waals surface area contributed by atoms with Crippen molar-refractivity contribution in [3.05, 3.63) is 11.1 Å². The lowest BCUT2D eigenvalue weighted by Gasteiger charge is -2.16. The fourth-order valence-electron chi connectivity index (χ4n) is 2.82. The SMILES string of the molecule is O=C(c1cnns1)N1CC2CCC(O)C2C1. The average molecular weight is 239 g/mol. The predicted octanol–water partition coefficient (Wildman–Crippen LogP) is 0.381. The first kappa shape index (κ1) is 10.2. The second-order valence-corrected chi connectivity index (χ2v) is 5.35. The standard InChI is InChI=1S/C10H13N3O2S/c14-8-2-1-6-4-13(5-7(6)8)10(15)9-3-11-12-16-9/h3,6-8,14H,1-2,4-5H2. The first-order chi connectivity index (χ1) is 7.75. The van der Waals surface area contributed by atoms with Gasteiger partial charge >= 0.3 is 0 Å². The molecule has 3 unspecified atom stereocenters. The fraction of sp³-hybridized carbons (Fsp3) is 0.700. The molecule has 5 nitrogen and oxygen atoms in total. The number of nitrogens with zero attached hydrogens (tertiary/aromatic N) is 3. The van der Waals surface area contributed by atoms with E-state index in [2.05, 4.69) is 9.59 Å². The van der Waals surface area contributed by atoms with E-state index in [0.717, 1.165) is 30.9 Å². The number of aromatic nitrogens is 2. The Hall–Kier alpha value is -1.01. The maximum atomic E-state index is 12.0. The van der Waals surface area contributed by atoms with Gasteiger partial charge in [-0.05, 0) is 30.3 Å². The molecule has 1 amide bonds. The summed E-state index contributed by atoms with van der Waals surface area (Å²) in [5, 5.41) is 13.4. The Bertz CT molecular complexity index is 395. The van der Waals surface area contributed by atoms with Crippen molar-refractivity contribution in [3.63, 3.8) is 0 Å². The van der Waals surface area contributed by atoms with Crippen LogP contribution in [0.15, 0.2) is 6.20 Å². The molecule has 0 spiro atoms. The number of carbonyl (C=O) groups is 1. The van der Waals surface area contributed by atoms with Crippen LogP contribution in [0.5, 0.6) is 0 Å². The molecule has 6 heteroatoms. The molecular weight excluding hydrogens is 226 g/mol. The summed E-state index contributed by atoms with van der Waals surface area (Å²) in [6, 6.07) is 0. The molecule has 3 atom stereocenters. The lowest BCUT2D eigenvalue weighted by molar-refractivity contribution is 0.0757. The summed E-state index contributed by atoms with van der Waals surface area (Å²) in [7, 11) is 0. The molecule has 16 heavy (non-hydrogen) atoms. The number of likely N-dealkylation sites (tertiary alicyclic amines) is 1. The van der Waals surface area contributed by atoms with E-state index >= 15 is 0 Å². The molecule has 86 valence electrons. The van der Waals surface area contributed by atoms with E-state index < -0.39 is 0 Å². The summed E-state index contributed by atoms with van der Waals surface area (Å²) >= 11 is 1.13. The third kappa shape index (κ3) is 1.53. The number of aliphatic hydroxyl groups excluding tert-OH is 1. The van der Waals surface area contributed by atoms with Crippen LogP contribution in [-0.2, 0) is 0 Å². The molecule has 2 aliphatic rings. The van der Waals surface area contributed by atoms with Crippen molar-refractivity contribution in [1.29, 1.82) is 0 Å². The van der Waals surface area contributed by atoms with Gasteiger partial charge in [0, 0.05) is 19.0 Å². The second-order valence-electron chi connectivity index (χ2n) is 4.56. The Morgan fingerprint density at radius 2 is 2.38 bits per heavy atom. The minimum Gasteiger partial charge on any atom is -0.393 e. The molecule has 1 saturated carbocycles. The van der Waals surface area contributed by atoms with Crippen molar-refractivity contribution in [3.8, 4) is 0 Å². The molecule has 0 aromatic carbocycles. The Kier molecular flexibility index (Phi) is 2.40. The van der Waals surface area contributed by atoms with Gasteiger partial charge in [0.25, 0.3) is 5.91 Å². The summed E-state index contributed by atoms with van der Waals surface area (Å²) in [6.07, 6.45) is 3.22. The van der Waals surface area contributed by atoms with Crippen LogP contribution < -0.4 is 0 Å². The van der Waals surface area contributed by atoms with Crippen LogP contribution in [0.3, 0.4) is 0 Å². The quantitative estimate of drug-likeness (QED) is 0.769. The summed E-state index contributed by atoms with van der Waals surface area (Å²) in [4.78, 5) is 14.4. The summed E-state index contributed by atoms with van der Waals surface area (Å²) < 4.78 is 3.70. The summed E-state index contributed by atoms with van der Waals surface area (Å²) in [6.45, 7) is 1.46. The zero-order chi connectivity index (χ0) is 11.1. The maximum Gasteiger partial charge on any atom is 0.267 e. The number of hydrogen-bond donors (Lipinski definition) is 1. The van der Waals surface area contributed by atoms with Gasteiger partial charge < -0.3 is 10.0 Å². The Balaban J connectivity index is 1.73. The van der Waals surface area contributed by atoms with E-state index in [1.54, 1.807) is 0 Å². The minimum atomic E-state index is -0.220. The van der Waals surface area contributed by atoms with Crippen LogP contribution >= 0.6 is 11.5 Å². The Labute approximate surface area is 97.2 Å². The number of carbonyl (C=O) groups excluding carboxylic acids is 1. The fourth-order valence-corrected chi connectivity index (χ4v) is 3.30. The predicted molar refractivity (Wildman–Crippen MR) is 58.0 cm³/mol. The lowest BCUT2D eigenvalue weighted by Crippen LogP contribution is -2.30. The van der Waals surface area contributed by atoms with E-state index in [1.165, 1.54) is 6.20 Å². The van der Waals surface area contributed by atoms with Crippen LogP contribution in [0.25, 0.3) is 0 Å². The Morgan fingerprint density at radius 1 is 1.50 bits per heavy atom. The van der Waals surface area contributed by atoms with Crippen LogP contribution in [0.4, 0.5) is 0 Å². The van der Waals surface area contributed by atoms with Crippen LogP contribution in [0.2, 0.25) is 0 Å². The maximum absolute atomic E-state index is 12.0. The van der Waals surface area contributed by atoms with E-state index in [9.17, 15) is 9.90 Å². The van der Waals surface area contributed by atoms with Crippen molar-refractivity contribution in [1.82, 2.24) is 14.5 Å². The minimum absolute atomic E-state index is 0.0107. The van der Waals surface area contributed by atoms with Crippen LogP contribution in [0.1, 0.15) is 22.5 Å². The van der Waals surface area contributed by atoms with Crippen molar-refractivity contribution >= 4 is 17.4 Å². The second kappa shape index (κ2) is 3.78. The normalized spacial score (nSPS) is 33.1. The van der Waals surface area contributed by atoms with Crippen molar-refractivity contribution < 1.29 is 9.90 Å². The van der Waals surface area contributed by atoms with E-state index in [0.29, 0.717) is 17.3 Å². The highest BCUT2D eigenvalue weighted by atomic mass is 32.1. The highest BCUT2D eigenvalue weighted by molar-refractivity contribution is 7.07. The Morgan fingerprint density at radius 3 is 3.06 bits per heavy atom. The molecule has 1 aliphatic heterocycles. The molecule has 1 aromatic heterocycles. The number of amides is 1. The zero-order valence-electron chi connectivity index (χ0n) is 8.74. The molecule has 1 N–H and O–H groups in total. The monoisotopic (exact) mass is 239 g/mol.